The van der Waals surface area contributed by atoms with Gasteiger partial charge in [0.15, 0.2) is 0 Å². The van der Waals surface area contributed by atoms with Gasteiger partial charge in [0.25, 0.3) is 5.91 Å². The summed E-state index contributed by atoms with van der Waals surface area (Å²) >= 11 is 0. The van der Waals surface area contributed by atoms with Gasteiger partial charge in [0, 0.05) is 18.7 Å². The van der Waals surface area contributed by atoms with Crippen molar-refractivity contribution in [3.05, 3.63) is 59.7 Å². The van der Waals surface area contributed by atoms with E-state index in [1.807, 2.05) is 0 Å². The molecule has 1 saturated carbocycles. The zero-order chi connectivity index (χ0) is 17.8. The van der Waals surface area contributed by atoms with Crippen LogP contribution in [0.5, 0.6) is 0 Å². The largest absolute Gasteiger partial charge is 0.478 e. The lowest BCUT2D eigenvalue weighted by atomic mass is 9.95. The van der Waals surface area contributed by atoms with Gasteiger partial charge < -0.3 is 15.2 Å². The van der Waals surface area contributed by atoms with Gasteiger partial charge in [-0.1, -0.05) is 36.4 Å². The van der Waals surface area contributed by atoms with Gasteiger partial charge in [0.2, 0.25) is 0 Å². The van der Waals surface area contributed by atoms with Gasteiger partial charge in [0.1, 0.15) is 0 Å². The maximum Gasteiger partial charge on any atom is 0.336 e. The number of benzene rings is 2. The van der Waals surface area contributed by atoms with Gasteiger partial charge in [-0.2, -0.15) is 0 Å². The van der Waals surface area contributed by atoms with Crippen LogP contribution in [0, 0.1) is 0 Å². The number of carbonyl (C=O) groups excluding carboxylic acids is 1. The number of carboxylic acids is 1. The number of carboxylic acid groups (broad SMARTS) is 1. The van der Waals surface area contributed by atoms with Crippen LogP contribution in [-0.2, 0) is 4.74 Å². The molecule has 0 radical (unpaired) electrons. The van der Waals surface area contributed by atoms with E-state index >= 15 is 0 Å². The van der Waals surface area contributed by atoms with E-state index in [0.717, 1.165) is 19.3 Å². The molecule has 0 aromatic heterocycles. The Morgan fingerprint density at radius 1 is 1.00 bits per heavy atom. The topological polar surface area (TPSA) is 75.6 Å². The molecule has 0 heterocycles. The lowest BCUT2D eigenvalue weighted by Gasteiger charge is -2.16. The minimum absolute atomic E-state index is 0.0835. The highest BCUT2D eigenvalue weighted by Crippen LogP contribution is 2.28. The average Bonchev–Trinajstić information content (AvgIpc) is 3.09. The fourth-order valence-electron chi connectivity index (χ4n) is 3.37. The van der Waals surface area contributed by atoms with Crippen molar-refractivity contribution in [2.45, 2.75) is 31.4 Å². The monoisotopic (exact) mass is 339 g/mol. The number of amides is 1. The third kappa shape index (κ3) is 3.72. The summed E-state index contributed by atoms with van der Waals surface area (Å²) in [5.74, 6) is -1.19. The Morgan fingerprint density at radius 3 is 2.20 bits per heavy atom. The van der Waals surface area contributed by atoms with E-state index in [-0.39, 0.29) is 23.6 Å². The van der Waals surface area contributed by atoms with Gasteiger partial charge in [-0.15, -0.1) is 0 Å². The van der Waals surface area contributed by atoms with Crippen LogP contribution in [0.2, 0.25) is 0 Å². The van der Waals surface area contributed by atoms with Crippen molar-refractivity contribution in [2.75, 3.05) is 7.11 Å². The molecule has 2 unspecified atom stereocenters. The molecule has 1 aliphatic carbocycles. The van der Waals surface area contributed by atoms with Gasteiger partial charge in [0.05, 0.1) is 11.7 Å². The highest BCUT2D eigenvalue weighted by Gasteiger charge is 2.27. The molecule has 130 valence electrons. The second-order valence-electron chi connectivity index (χ2n) is 6.24. The fourth-order valence-corrected chi connectivity index (χ4v) is 3.37. The number of methoxy groups -OCH3 is 1. The molecule has 0 saturated heterocycles. The molecule has 1 amide bonds. The lowest BCUT2D eigenvalue weighted by Crippen LogP contribution is -2.33. The number of rotatable bonds is 5. The Kier molecular flexibility index (Phi) is 5.14. The second-order valence-corrected chi connectivity index (χ2v) is 6.24. The quantitative estimate of drug-likeness (QED) is 0.876. The molecule has 0 spiro atoms. The van der Waals surface area contributed by atoms with E-state index in [0.29, 0.717) is 16.7 Å². The molecule has 1 fully saturated rings. The predicted octanol–water partition coefficient (Wildman–Crippen LogP) is 3.35. The van der Waals surface area contributed by atoms with Crippen LogP contribution in [-0.4, -0.2) is 36.2 Å². The van der Waals surface area contributed by atoms with E-state index in [9.17, 15) is 14.7 Å². The minimum atomic E-state index is -1.01. The zero-order valence-corrected chi connectivity index (χ0v) is 14.1. The van der Waals surface area contributed by atoms with Gasteiger partial charge >= 0.3 is 5.97 Å². The summed E-state index contributed by atoms with van der Waals surface area (Å²) in [6.07, 6.45) is 2.81. The predicted molar refractivity (Wildman–Crippen MR) is 94.7 cm³/mol. The maximum absolute atomic E-state index is 12.8. The SMILES string of the molecule is COC1CCC(NC(=O)c2ccccc2-c2ccccc2C(=O)O)C1. The highest BCUT2D eigenvalue weighted by atomic mass is 16.5. The molecular weight excluding hydrogens is 318 g/mol. The maximum atomic E-state index is 12.8. The Hall–Kier alpha value is -2.66. The third-order valence-electron chi connectivity index (χ3n) is 4.67. The summed E-state index contributed by atoms with van der Waals surface area (Å²) in [5.41, 5.74) is 1.83. The van der Waals surface area contributed by atoms with Crippen molar-refractivity contribution in [3.63, 3.8) is 0 Å². The molecular formula is C20H21NO4. The average molecular weight is 339 g/mol. The molecule has 5 heteroatoms. The van der Waals surface area contributed by atoms with E-state index in [1.54, 1.807) is 55.6 Å². The van der Waals surface area contributed by atoms with Gasteiger partial charge in [-0.3, -0.25) is 4.79 Å². The molecule has 2 atom stereocenters. The summed E-state index contributed by atoms with van der Waals surface area (Å²) in [6, 6.07) is 13.9. The first-order valence-electron chi connectivity index (χ1n) is 8.35. The lowest BCUT2D eigenvalue weighted by molar-refractivity contribution is 0.0697. The third-order valence-corrected chi connectivity index (χ3v) is 4.67. The molecule has 2 aromatic carbocycles. The van der Waals surface area contributed by atoms with Crippen LogP contribution in [0.15, 0.2) is 48.5 Å². The van der Waals surface area contributed by atoms with Crippen molar-refractivity contribution in [2.24, 2.45) is 0 Å². The molecule has 3 rings (SSSR count). The minimum Gasteiger partial charge on any atom is -0.478 e. The van der Waals surface area contributed by atoms with Crippen molar-refractivity contribution < 1.29 is 19.4 Å². The zero-order valence-electron chi connectivity index (χ0n) is 14.1. The van der Waals surface area contributed by atoms with Crippen molar-refractivity contribution in [3.8, 4) is 11.1 Å². The van der Waals surface area contributed by atoms with E-state index in [1.165, 1.54) is 0 Å². The highest BCUT2D eigenvalue weighted by molar-refractivity contribution is 6.04. The summed E-state index contributed by atoms with van der Waals surface area (Å²) in [4.78, 5) is 24.3. The van der Waals surface area contributed by atoms with Crippen LogP contribution < -0.4 is 5.32 Å². The first-order chi connectivity index (χ1) is 12.1. The number of carbonyl (C=O) groups is 2. The molecule has 5 nitrogen and oxygen atoms in total. The number of ether oxygens (including phenoxy) is 1. The Morgan fingerprint density at radius 2 is 1.60 bits per heavy atom. The number of aromatic carboxylic acids is 1. The summed E-state index contributed by atoms with van der Waals surface area (Å²) in [7, 11) is 1.69. The standard InChI is InChI=1S/C20H21NO4/c1-25-14-11-10-13(12-14)21-19(22)17-8-4-2-6-15(17)16-7-3-5-9-18(16)20(23)24/h2-9,13-14H,10-12H2,1H3,(H,21,22)(H,23,24). The second kappa shape index (κ2) is 7.49. The number of hydrogen-bond donors (Lipinski definition) is 2. The molecule has 0 aliphatic heterocycles. The Bertz CT molecular complexity index is 787. The van der Waals surface area contributed by atoms with E-state index in [4.69, 9.17) is 4.74 Å². The summed E-state index contributed by atoms with van der Waals surface area (Å²) in [6.45, 7) is 0. The molecule has 1 aliphatic rings. The van der Waals surface area contributed by atoms with Crippen LogP contribution >= 0.6 is 0 Å². The fraction of sp³-hybridized carbons (Fsp3) is 0.300. The van der Waals surface area contributed by atoms with E-state index in [2.05, 4.69) is 5.32 Å². The molecule has 25 heavy (non-hydrogen) atoms. The van der Waals surface area contributed by atoms with Gasteiger partial charge in [-0.05, 0) is 42.5 Å². The molecule has 2 aromatic rings. The Balaban J connectivity index is 1.89. The smallest absolute Gasteiger partial charge is 0.336 e. The van der Waals surface area contributed by atoms with Crippen LogP contribution in [0.25, 0.3) is 11.1 Å². The molecule has 0 bridgehead atoms. The summed E-state index contributed by atoms with van der Waals surface area (Å²) in [5, 5.41) is 12.5. The number of hydrogen-bond acceptors (Lipinski definition) is 3. The first-order valence-corrected chi connectivity index (χ1v) is 8.35. The number of nitrogens with one attached hydrogen (secondary N) is 1. The van der Waals surface area contributed by atoms with E-state index < -0.39 is 5.97 Å². The first kappa shape index (κ1) is 17.2. The Labute approximate surface area is 146 Å². The summed E-state index contributed by atoms with van der Waals surface area (Å²) < 4.78 is 5.35. The molecule has 2 N–H and O–H groups in total. The van der Waals surface area contributed by atoms with Crippen LogP contribution in [0.3, 0.4) is 0 Å². The van der Waals surface area contributed by atoms with Crippen LogP contribution in [0.4, 0.5) is 0 Å². The van der Waals surface area contributed by atoms with Crippen molar-refractivity contribution in [1.82, 2.24) is 5.32 Å². The normalized spacial score (nSPS) is 19.6. The van der Waals surface area contributed by atoms with Crippen molar-refractivity contribution >= 4 is 11.9 Å². The van der Waals surface area contributed by atoms with Crippen LogP contribution in [0.1, 0.15) is 40.0 Å². The van der Waals surface area contributed by atoms with Gasteiger partial charge in [-0.25, -0.2) is 4.79 Å². The van der Waals surface area contributed by atoms with Crippen molar-refractivity contribution in [1.29, 1.82) is 0 Å².